The van der Waals surface area contributed by atoms with Gasteiger partial charge in [-0.15, -0.1) is 0 Å². The minimum atomic E-state index is -0.672. The molecule has 0 saturated heterocycles. The molecule has 2 aromatic rings. The van der Waals surface area contributed by atoms with E-state index in [0.29, 0.717) is 6.54 Å². The van der Waals surface area contributed by atoms with Crippen molar-refractivity contribution in [3.63, 3.8) is 0 Å². The quantitative estimate of drug-likeness (QED) is 0.868. The molecule has 4 nitrogen and oxygen atoms in total. The molecule has 4 heteroatoms. The van der Waals surface area contributed by atoms with Gasteiger partial charge in [0, 0.05) is 30.7 Å². The minimum absolute atomic E-state index is 0.521. The van der Waals surface area contributed by atoms with Gasteiger partial charge in [0.05, 0.1) is 11.1 Å². The number of nitrogens with one attached hydrogen (secondary N) is 1. The second-order valence-corrected chi connectivity index (χ2v) is 5.16. The topological polar surface area (TPSA) is 56.3 Å². The third kappa shape index (κ3) is 1.65. The molecule has 0 aliphatic heterocycles. The molecular weight excluding hydrogens is 228 g/mol. The SMILES string of the molecule is CN(CC1(C(=O)O)CC1)c1c[nH]c2ccccc12. The molecule has 1 heterocycles. The maximum absolute atomic E-state index is 11.2. The number of fused-ring (bicyclic) bond motifs is 1. The highest BCUT2D eigenvalue weighted by Crippen LogP contribution is 2.47. The second kappa shape index (κ2) is 3.77. The summed E-state index contributed by atoms with van der Waals surface area (Å²) in [5.41, 5.74) is 1.63. The lowest BCUT2D eigenvalue weighted by atomic mass is 10.1. The van der Waals surface area contributed by atoms with Crippen LogP contribution in [0.5, 0.6) is 0 Å². The minimum Gasteiger partial charge on any atom is -0.481 e. The molecule has 0 radical (unpaired) electrons. The molecular formula is C14H16N2O2. The van der Waals surface area contributed by atoms with Crippen LogP contribution < -0.4 is 4.90 Å². The van der Waals surface area contributed by atoms with Gasteiger partial charge in [-0.05, 0) is 18.9 Å². The fourth-order valence-electron chi connectivity index (χ4n) is 2.50. The van der Waals surface area contributed by atoms with Crippen LogP contribution in [0.3, 0.4) is 0 Å². The Bertz CT molecular complexity index is 599. The Labute approximate surface area is 105 Å². The Morgan fingerprint density at radius 2 is 2.17 bits per heavy atom. The van der Waals surface area contributed by atoms with Crippen LogP contribution in [0.2, 0.25) is 0 Å². The van der Waals surface area contributed by atoms with Crippen molar-refractivity contribution in [3.8, 4) is 0 Å². The third-order valence-corrected chi connectivity index (χ3v) is 3.83. The number of carbonyl (C=O) groups is 1. The van der Waals surface area contributed by atoms with Gasteiger partial charge < -0.3 is 15.0 Å². The van der Waals surface area contributed by atoms with Crippen molar-refractivity contribution in [3.05, 3.63) is 30.5 Å². The molecule has 18 heavy (non-hydrogen) atoms. The summed E-state index contributed by atoms with van der Waals surface area (Å²) < 4.78 is 0. The molecule has 1 fully saturated rings. The summed E-state index contributed by atoms with van der Waals surface area (Å²) in [6.45, 7) is 0.574. The van der Waals surface area contributed by atoms with Crippen LogP contribution in [0.25, 0.3) is 10.9 Å². The lowest BCUT2D eigenvalue weighted by Gasteiger charge is -2.22. The third-order valence-electron chi connectivity index (χ3n) is 3.83. The van der Waals surface area contributed by atoms with Gasteiger partial charge in [0.25, 0.3) is 0 Å². The first kappa shape index (κ1) is 11.1. The molecule has 1 saturated carbocycles. The summed E-state index contributed by atoms with van der Waals surface area (Å²) in [7, 11) is 1.96. The molecule has 0 atom stereocenters. The number of carboxylic acid groups (broad SMARTS) is 1. The van der Waals surface area contributed by atoms with E-state index in [-0.39, 0.29) is 0 Å². The fraction of sp³-hybridized carbons (Fsp3) is 0.357. The molecule has 0 bridgehead atoms. The van der Waals surface area contributed by atoms with Crippen LogP contribution in [-0.2, 0) is 4.79 Å². The number of carboxylic acids is 1. The van der Waals surface area contributed by atoms with Gasteiger partial charge in [0.1, 0.15) is 0 Å². The number of para-hydroxylation sites is 1. The average molecular weight is 244 g/mol. The van der Waals surface area contributed by atoms with Crippen molar-refractivity contribution >= 4 is 22.6 Å². The molecule has 2 N–H and O–H groups in total. The second-order valence-electron chi connectivity index (χ2n) is 5.16. The molecule has 0 amide bonds. The van der Waals surface area contributed by atoms with Crippen molar-refractivity contribution in [2.45, 2.75) is 12.8 Å². The average Bonchev–Trinajstić information content (AvgIpc) is 3.01. The zero-order valence-corrected chi connectivity index (χ0v) is 10.3. The van der Waals surface area contributed by atoms with E-state index in [9.17, 15) is 9.90 Å². The molecule has 1 aromatic carbocycles. The van der Waals surface area contributed by atoms with Crippen molar-refractivity contribution in [1.82, 2.24) is 4.98 Å². The summed E-state index contributed by atoms with van der Waals surface area (Å²) in [5.74, 6) is -0.672. The van der Waals surface area contributed by atoms with Gasteiger partial charge in [0.15, 0.2) is 0 Å². The number of hydrogen-bond donors (Lipinski definition) is 2. The Hall–Kier alpha value is -1.97. The van der Waals surface area contributed by atoms with Crippen molar-refractivity contribution in [2.75, 3.05) is 18.5 Å². The van der Waals surface area contributed by atoms with Crippen molar-refractivity contribution in [2.24, 2.45) is 5.41 Å². The number of aromatic nitrogens is 1. The molecule has 3 rings (SSSR count). The van der Waals surface area contributed by atoms with Gasteiger partial charge >= 0.3 is 5.97 Å². The first-order valence-corrected chi connectivity index (χ1v) is 6.13. The lowest BCUT2D eigenvalue weighted by molar-refractivity contribution is -0.142. The normalized spacial score (nSPS) is 16.7. The van der Waals surface area contributed by atoms with E-state index in [1.807, 2.05) is 36.3 Å². The van der Waals surface area contributed by atoms with Gasteiger partial charge in [-0.25, -0.2) is 0 Å². The number of aliphatic carboxylic acids is 1. The molecule has 1 aliphatic rings. The van der Waals surface area contributed by atoms with E-state index in [2.05, 4.69) is 11.1 Å². The maximum Gasteiger partial charge on any atom is 0.311 e. The van der Waals surface area contributed by atoms with Crippen LogP contribution >= 0.6 is 0 Å². The van der Waals surface area contributed by atoms with Gasteiger partial charge in [-0.1, -0.05) is 18.2 Å². The van der Waals surface area contributed by atoms with E-state index in [4.69, 9.17) is 0 Å². The molecule has 1 aromatic heterocycles. The summed E-state index contributed by atoms with van der Waals surface area (Å²) >= 11 is 0. The Balaban J connectivity index is 1.89. The van der Waals surface area contributed by atoms with Gasteiger partial charge in [-0.2, -0.15) is 0 Å². The summed E-state index contributed by atoms with van der Waals surface area (Å²) in [6.07, 6.45) is 3.52. The molecule has 94 valence electrons. The van der Waals surface area contributed by atoms with Gasteiger partial charge in [-0.3, -0.25) is 4.79 Å². The zero-order chi connectivity index (χ0) is 12.8. The summed E-state index contributed by atoms with van der Waals surface area (Å²) in [6, 6.07) is 8.06. The molecule has 1 aliphatic carbocycles. The smallest absolute Gasteiger partial charge is 0.311 e. The largest absolute Gasteiger partial charge is 0.481 e. The number of hydrogen-bond acceptors (Lipinski definition) is 2. The van der Waals surface area contributed by atoms with Crippen molar-refractivity contribution < 1.29 is 9.90 Å². The Morgan fingerprint density at radius 3 is 2.83 bits per heavy atom. The molecule has 0 spiro atoms. The van der Waals surface area contributed by atoms with Crippen LogP contribution in [0, 0.1) is 5.41 Å². The number of nitrogens with zero attached hydrogens (tertiary/aromatic N) is 1. The predicted octanol–water partition coefficient (Wildman–Crippen LogP) is 2.47. The highest BCUT2D eigenvalue weighted by atomic mass is 16.4. The van der Waals surface area contributed by atoms with Crippen LogP contribution in [-0.4, -0.2) is 29.7 Å². The van der Waals surface area contributed by atoms with Crippen molar-refractivity contribution in [1.29, 1.82) is 0 Å². The summed E-state index contributed by atoms with van der Waals surface area (Å²) in [4.78, 5) is 16.5. The Morgan fingerprint density at radius 1 is 1.44 bits per heavy atom. The highest BCUT2D eigenvalue weighted by Gasteiger charge is 2.51. The van der Waals surface area contributed by atoms with Crippen LogP contribution in [0.4, 0.5) is 5.69 Å². The van der Waals surface area contributed by atoms with E-state index in [0.717, 1.165) is 29.4 Å². The lowest BCUT2D eigenvalue weighted by Crippen LogP contribution is -2.31. The van der Waals surface area contributed by atoms with E-state index >= 15 is 0 Å². The maximum atomic E-state index is 11.2. The van der Waals surface area contributed by atoms with E-state index in [1.165, 1.54) is 0 Å². The number of aromatic amines is 1. The van der Waals surface area contributed by atoms with E-state index < -0.39 is 11.4 Å². The summed E-state index contributed by atoms with van der Waals surface area (Å²) in [5, 5.41) is 10.4. The first-order chi connectivity index (χ1) is 8.62. The fourth-order valence-corrected chi connectivity index (χ4v) is 2.50. The first-order valence-electron chi connectivity index (χ1n) is 6.13. The standard InChI is InChI=1S/C14H16N2O2/c1-16(9-14(6-7-14)13(17)18)12-8-15-11-5-3-2-4-10(11)12/h2-5,8,15H,6-7,9H2,1H3,(H,17,18). The highest BCUT2D eigenvalue weighted by molar-refractivity contribution is 5.93. The number of anilines is 1. The predicted molar refractivity (Wildman–Crippen MR) is 70.9 cm³/mol. The number of H-pyrrole nitrogens is 1. The van der Waals surface area contributed by atoms with Gasteiger partial charge in [0.2, 0.25) is 0 Å². The Kier molecular flexibility index (Phi) is 2.33. The van der Waals surface area contributed by atoms with Crippen LogP contribution in [0.1, 0.15) is 12.8 Å². The number of benzene rings is 1. The van der Waals surface area contributed by atoms with E-state index in [1.54, 1.807) is 0 Å². The monoisotopic (exact) mass is 244 g/mol. The zero-order valence-electron chi connectivity index (χ0n) is 10.3. The number of rotatable bonds is 4. The molecule has 0 unspecified atom stereocenters. The van der Waals surface area contributed by atoms with Crippen LogP contribution in [0.15, 0.2) is 30.5 Å².